The van der Waals surface area contributed by atoms with E-state index in [1.165, 1.54) is 12.8 Å². The second-order valence-corrected chi connectivity index (χ2v) is 5.91. The van der Waals surface area contributed by atoms with Crippen molar-refractivity contribution in [1.82, 2.24) is 19.7 Å². The van der Waals surface area contributed by atoms with Gasteiger partial charge in [-0.3, -0.25) is 4.68 Å². The summed E-state index contributed by atoms with van der Waals surface area (Å²) in [6.45, 7) is 0.933. The van der Waals surface area contributed by atoms with Crippen molar-refractivity contribution < 1.29 is 9.84 Å². The molecule has 0 radical (unpaired) electrons. The van der Waals surface area contributed by atoms with E-state index in [1.54, 1.807) is 11.0 Å². The quantitative estimate of drug-likeness (QED) is 0.835. The number of aliphatic hydroxyl groups excluding tert-OH is 1. The standard InChI is InChI=1S/C16H22N4O2/c1-19(13-6-7-13)9-14(21)10-22-15-5-3-4-12(8-15)16-17-11-20(2)18-16/h3-5,8,11,13-14,21H,6-7,9-10H2,1-2H3. The van der Waals surface area contributed by atoms with Crippen molar-refractivity contribution in [3.63, 3.8) is 0 Å². The van der Waals surface area contributed by atoms with Gasteiger partial charge in [0.05, 0.1) is 0 Å². The maximum Gasteiger partial charge on any atom is 0.181 e. The highest BCUT2D eigenvalue weighted by Gasteiger charge is 2.27. The molecule has 1 unspecified atom stereocenters. The molecule has 0 saturated heterocycles. The first-order valence-corrected chi connectivity index (χ1v) is 7.59. The molecule has 3 rings (SSSR count). The number of aryl methyl sites for hydroxylation is 1. The molecule has 0 aliphatic heterocycles. The van der Waals surface area contributed by atoms with E-state index >= 15 is 0 Å². The molecule has 6 nitrogen and oxygen atoms in total. The number of benzene rings is 1. The van der Waals surface area contributed by atoms with Crippen molar-refractivity contribution in [2.24, 2.45) is 7.05 Å². The van der Waals surface area contributed by atoms with Crippen LogP contribution in [0.25, 0.3) is 11.4 Å². The van der Waals surface area contributed by atoms with Gasteiger partial charge in [0, 0.05) is 25.2 Å². The smallest absolute Gasteiger partial charge is 0.181 e. The number of aliphatic hydroxyl groups is 1. The second-order valence-electron chi connectivity index (χ2n) is 5.91. The van der Waals surface area contributed by atoms with Crippen LogP contribution in [0.15, 0.2) is 30.6 Å². The fourth-order valence-corrected chi connectivity index (χ4v) is 2.44. The number of nitrogens with zero attached hydrogens (tertiary/aromatic N) is 4. The summed E-state index contributed by atoms with van der Waals surface area (Å²) in [5.41, 5.74) is 0.905. The van der Waals surface area contributed by atoms with Crippen LogP contribution in [0.3, 0.4) is 0 Å². The Labute approximate surface area is 130 Å². The monoisotopic (exact) mass is 302 g/mol. The Morgan fingerprint density at radius 1 is 1.45 bits per heavy atom. The van der Waals surface area contributed by atoms with Gasteiger partial charge in [-0.1, -0.05) is 12.1 Å². The Morgan fingerprint density at radius 2 is 2.27 bits per heavy atom. The van der Waals surface area contributed by atoms with Gasteiger partial charge in [0.2, 0.25) is 0 Å². The summed E-state index contributed by atoms with van der Waals surface area (Å²) in [6.07, 6.45) is 3.66. The molecule has 0 amide bonds. The molecule has 6 heteroatoms. The maximum atomic E-state index is 10.1. The largest absolute Gasteiger partial charge is 0.491 e. The third-order valence-corrected chi connectivity index (χ3v) is 3.80. The van der Waals surface area contributed by atoms with Gasteiger partial charge < -0.3 is 14.7 Å². The summed E-state index contributed by atoms with van der Waals surface area (Å²) in [4.78, 5) is 6.43. The highest BCUT2D eigenvalue weighted by molar-refractivity contribution is 5.56. The number of likely N-dealkylation sites (N-methyl/N-ethyl adjacent to an activating group) is 1. The second kappa shape index (κ2) is 6.46. The molecule has 0 spiro atoms. The number of ether oxygens (including phenoxy) is 1. The van der Waals surface area contributed by atoms with E-state index in [0.717, 1.165) is 11.3 Å². The highest BCUT2D eigenvalue weighted by Crippen LogP contribution is 2.25. The first-order valence-electron chi connectivity index (χ1n) is 7.59. The molecule has 1 N–H and O–H groups in total. The van der Waals surface area contributed by atoms with Crippen LogP contribution in [0.1, 0.15) is 12.8 Å². The molecule has 1 fully saturated rings. The number of rotatable bonds is 7. The van der Waals surface area contributed by atoms with Crippen molar-refractivity contribution in [2.75, 3.05) is 20.2 Å². The van der Waals surface area contributed by atoms with E-state index in [2.05, 4.69) is 15.0 Å². The summed E-state index contributed by atoms with van der Waals surface area (Å²) in [7, 11) is 3.89. The zero-order valence-electron chi connectivity index (χ0n) is 13.0. The van der Waals surface area contributed by atoms with Crippen molar-refractivity contribution in [1.29, 1.82) is 0 Å². The molecular weight excluding hydrogens is 280 g/mol. The van der Waals surface area contributed by atoms with Crippen LogP contribution in [0.5, 0.6) is 5.75 Å². The van der Waals surface area contributed by atoms with Gasteiger partial charge in [-0.25, -0.2) is 4.98 Å². The van der Waals surface area contributed by atoms with Gasteiger partial charge in [-0.15, -0.1) is 0 Å². The molecule has 0 bridgehead atoms. The lowest BCUT2D eigenvalue weighted by Gasteiger charge is -2.20. The van der Waals surface area contributed by atoms with Gasteiger partial charge in [0.25, 0.3) is 0 Å². The summed E-state index contributed by atoms with van der Waals surface area (Å²) in [6, 6.07) is 8.27. The normalized spacial score (nSPS) is 16.0. The average Bonchev–Trinajstić information content (AvgIpc) is 3.27. The SMILES string of the molecule is CN(CC(O)COc1cccc(-c2ncn(C)n2)c1)C1CC1. The Kier molecular flexibility index (Phi) is 4.40. The minimum Gasteiger partial charge on any atom is -0.491 e. The fourth-order valence-electron chi connectivity index (χ4n) is 2.44. The Hall–Kier alpha value is -1.92. The van der Waals surface area contributed by atoms with E-state index in [4.69, 9.17) is 4.74 Å². The van der Waals surface area contributed by atoms with Crippen LogP contribution in [0, 0.1) is 0 Å². The van der Waals surface area contributed by atoms with Crippen molar-refractivity contribution in [3.05, 3.63) is 30.6 Å². The van der Waals surface area contributed by atoms with Crippen molar-refractivity contribution in [2.45, 2.75) is 25.0 Å². The third kappa shape index (κ3) is 3.84. The van der Waals surface area contributed by atoms with Gasteiger partial charge >= 0.3 is 0 Å². The summed E-state index contributed by atoms with van der Waals surface area (Å²) in [5, 5.41) is 14.3. The minimum absolute atomic E-state index is 0.288. The topological polar surface area (TPSA) is 63.4 Å². The van der Waals surface area contributed by atoms with Gasteiger partial charge in [0.1, 0.15) is 24.8 Å². The molecule has 1 aliphatic carbocycles. The van der Waals surface area contributed by atoms with Crippen LogP contribution in [0.4, 0.5) is 0 Å². The fraction of sp³-hybridized carbons (Fsp3) is 0.500. The zero-order chi connectivity index (χ0) is 15.5. The van der Waals surface area contributed by atoms with Crippen LogP contribution in [-0.2, 0) is 7.05 Å². The highest BCUT2D eigenvalue weighted by atomic mass is 16.5. The first kappa shape index (κ1) is 15.0. The zero-order valence-corrected chi connectivity index (χ0v) is 13.0. The molecular formula is C16H22N4O2. The number of aromatic nitrogens is 3. The lowest BCUT2D eigenvalue weighted by molar-refractivity contribution is 0.0742. The van der Waals surface area contributed by atoms with Gasteiger partial charge in [-0.2, -0.15) is 5.10 Å². The molecule has 1 saturated carbocycles. The van der Waals surface area contributed by atoms with Gasteiger partial charge in [0.15, 0.2) is 5.82 Å². The molecule has 1 atom stereocenters. The van der Waals surface area contributed by atoms with E-state index in [1.807, 2.05) is 38.4 Å². The van der Waals surface area contributed by atoms with Crippen LogP contribution >= 0.6 is 0 Å². The first-order chi connectivity index (χ1) is 10.6. The van der Waals surface area contributed by atoms with Crippen molar-refractivity contribution in [3.8, 4) is 17.1 Å². The molecule has 2 aromatic rings. The number of hydrogen-bond donors (Lipinski definition) is 1. The third-order valence-electron chi connectivity index (χ3n) is 3.80. The molecule has 1 aromatic carbocycles. The lowest BCUT2D eigenvalue weighted by atomic mass is 10.2. The van der Waals surface area contributed by atoms with Crippen molar-refractivity contribution >= 4 is 0 Å². The predicted molar refractivity (Wildman–Crippen MR) is 83.6 cm³/mol. The Bertz CT molecular complexity index is 624. The Balaban J connectivity index is 1.56. The van der Waals surface area contributed by atoms with E-state index in [-0.39, 0.29) is 6.61 Å². The van der Waals surface area contributed by atoms with Crippen LogP contribution in [-0.4, -0.2) is 57.1 Å². The lowest BCUT2D eigenvalue weighted by Crippen LogP contribution is -2.34. The maximum absolute atomic E-state index is 10.1. The molecule has 1 heterocycles. The predicted octanol–water partition coefficient (Wildman–Crippen LogP) is 1.32. The Morgan fingerprint density at radius 3 is 2.95 bits per heavy atom. The van der Waals surface area contributed by atoms with Gasteiger partial charge in [-0.05, 0) is 32.0 Å². The molecule has 1 aromatic heterocycles. The number of hydrogen-bond acceptors (Lipinski definition) is 5. The average molecular weight is 302 g/mol. The van der Waals surface area contributed by atoms with Crippen LogP contribution in [0.2, 0.25) is 0 Å². The summed E-state index contributed by atoms with van der Waals surface area (Å²) < 4.78 is 7.37. The van der Waals surface area contributed by atoms with E-state index in [9.17, 15) is 5.11 Å². The van der Waals surface area contributed by atoms with Crippen LogP contribution < -0.4 is 4.74 Å². The summed E-state index contributed by atoms with van der Waals surface area (Å²) >= 11 is 0. The van der Waals surface area contributed by atoms with E-state index < -0.39 is 6.10 Å². The minimum atomic E-state index is -0.484. The summed E-state index contributed by atoms with van der Waals surface area (Å²) in [5.74, 6) is 1.39. The van der Waals surface area contributed by atoms with E-state index in [0.29, 0.717) is 18.4 Å². The molecule has 1 aliphatic rings. The molecule has 22 heavy (non-hydrogen) atoms. The molecule has 118 valence electrons.